The number of hydrogen-bond donors (Lipinski definition) is 6. The first kappa shape index (κ1) is 34.6. The Morgan fingerprint density at radius 1 is 0.667 bits per heavy atom. The Morgan fingerprint density at radius 3 is 0.875 bits per heavy atom. The quantitative estimate of drug-likeness (QED) is 0.196. The first-order chi connectivity index (χ1) is 8.92. The van der Waals surface area contributed by atoms with E-state index < -0.39 is 60.6 Å². The summed E-state index contributed by atoms with van der Waals surface area (Å²) in [5, 5.41) is 35.1. The van der Waals surface area contributed by atoms with Crippen LogP contribution in [0.25, 0.3) is 0 Å². The molecule has 0 aliphatic rings. The van der Waals surface area contributed by atoms with Gasteiger partial charge in [-0.15, -0.1) is 0 Å². The predicted octanol–water partition coefficient (Wildman–Crippen LogP) is -6.26. The Balaban J connectivity index is -0.000000180. The fourth-order valence-corrected chi connectivity index (χ4v) is 1.91. The molecule has 0 saturated heterocycles. The number of carbonyl (C=O) groups is 4. The van der Waals surface area contributed by atoms with Gasteiger partial charge in [0.05, 0.1) is 36.8 Å². The SMILES string of the molecule is NC(CC(=O)O)(CC(=O)O)C(N)(CC(=O)O)CC(=O)O.O.O.[Fe].[H-].[Na+]. The standard InChI is InChI=1S/C10H16N2O8.Fe.Na.2H2O.H/c11-9(1-5(13)14,2-6(15)16)10(12,3-7(17)18)4-8(19)20;;;;;/h1-4,11-12H2,(H,13,14)(H,15,16)(H,17,18)(H,19,20);;;2*1H2;/q;;+1;;;-1. The summed E-state index contributed by atoms with van der Waals surface area (Å²) in [6.07, 6.45) is -3.90. The number of hydrogen-bond acceptors (Lipinski definition) is 6. The normalized spacial score (nSPS) is 9.92. The van der Waals surface area contributed by atoms with Gasteiger partial charge in [0.2, 0.25) is 0 Å². The van der Waals surface area contributed by atoms with E-state index in [1.165, 1.54) is 0 Å². The molecule has 12 nitrogen and oxygen atoms in total. The number of aliphatic carboxylic acids is 4. The van der Waals surface area contributed by atoms with Crippen molar-refractivity contribution in [2.45, 2.75) is 36.8 Å². The average molecular weight is 408 g/mol. The molecule has 24 heavy (non-hydrogen) atoms. The van der Waals surface area contributed by atoms with E-state index in [4.69, 9.17) is 31.9 Å². The largest absolute Gasteiger partial charge is 1.00 e. The molecule has 0 spiro atoms. The van der Waals surface area contributed by atoms with E-state index in [2.05, 4.69) is 0 Å². The van der Waals surface area contributed by atoms with Crippen molar-refractivity contribution in [3.05, 3.63) is 0 Å². The second kappa shape index (κ2) is 13.5. The van der Waals surface area contributed by atoms with E-state index in [0.29, 0.717) is 0 Å². The maximum atomic E-state index is 10.8. The molecule has 0 unspecified atom stereocenters. The predicted molar refractivity (Wildman–Crippen MR) is 71.2 cm³/mol. The Labute approximate surface area is 170 Å². The molecule has 0 aliphatic heterocycles. The molecule has 0 fully saturated rings. The van der Waals surface area contributed by atoms with Crippen LogP contribution in [0.15, 0.2) is 0 Å². The minimum absolute atomic E-state index is 0. The molecule has 0 radical (unpaired) electrons. The van der Waals surface area contributed by atoms with Crippen LogP contribution in [0.5, 0.6) is 0 Å². The van der Waals surface area contributed by atoms with Gasteiger partial charge in [-0.3, -0.25) is 19.2 Å². The van der Waals surface area contributed by atoms with E-state index >= 15 is 0 Å². The Bertz CT molecular complexity index is 381. The first-order valence-electron chi connectivity index (χ1n) is 5.37. The smallest absolute Gasteiger partial charge is 1.00 e. The maximum Gasteiger partial charge on any atom is 1.00 e. The molecule has 0 aromatic rings. The molecule has 140 valence electrons. The Morgan fingerprint density at radius 2 is 0.792 bits per heavy atom. The van der Waals surface area contributed by atoms with Crippen molar-refractivity contribution in [2.75, 3.05) is 0 Å². The van der Waals surface area contributed by atoms with E-state index in [1.807, 2.05) is 0 Å². The molecule has 0 aromatic carbocycles. The average Bonchev–Trinajstić information content (AvgIpc) is 2.10. The molecule has 12 N–H and O–H groups in total. The van der Waals surface area contributed by atoms with Crippen molar-refractivity contribution in [2.24, 2.45) is 11.5 Å². The van der Waals surface area contributed by atoms with Crippen LogP contribution in [0.3, 0.4) is 0 Å². The summed E-state index contributed by atoms with van der Waals surface area (Å²) < 4.78 is 0. The monoisotopic (exact) mass is 408 g/mol. The zero-order chi connectivity index (χ0) is 16.1. The first-order valence-corrected chi connectivity index (χ1v) is 5.37. The fraction of sp³-hybridized carbons (Fsp3) is 0.600. The third-order valence-electron chi connectivity index (χ3n) is 2.86. The minimum atomic E-state index is -2.22. The molecule has 0 heterocycles. The molecule has 0 aromatic heterocycles. The summed E-state index contributed by atoms with van der Waals surface area (Å²) >= 11 is 0. The van der Waals surface area contributed by atoms with Crippen LogP contribution in [-0.2, 0) is 36.2 Å². The molecule has 0 bridgehead atoms. The van der Waals surface area contributed by atoms with E-state index in [-0.39, 0.29) is 59.0 Å². The topological polar surface area (TPSA) is 264 Å². The summed E-state index contributed by atoms with van der Waals surface area (Å²) in [7, 11) is 0. The van der Waals surface area contributed by atoms with Crippen LogP contribution in [0, 0.1) is 0 Å². The van der Waals surface area contributed by atoms with Crippen molar-refractivity contribution in [1.29, 1.82) is 0 Å². The Kier molecular flexibility index (Phi) is 19.5. The summed E-state index contributed by atoms with van der Waals surface area (Å²) in [6, 6.07) is 0. The molecule has 14 heteroatoms. The van der Waals surface area contributed by atoms with E-state index in [0.717, 1.165) is 0 Å². The van der Waals surface area contributed by atoms with Gasteiger partial charge >= 0.3 is 53.4 Å². The number of carboxylic acids is 4. The molecule has 0 rings (SSSR count). The molecular formula is C10H21FeN2NaO10. The van der Waals surface area contributed by atoms with Crippen LogP contribution in [-0.4, -0.2) is 66.3 Å². The van der Waals surface area contributed by atoms with Gasteiger partial charge in [0, 0.05) is 17.1 Å². The van der Waals surface area contributed by atoms with Crippen molar-refractivity contribution >= 4 is 23.9 Å². The summed E-state index contributed by atoms with van der Waals surface area (Å²) in [6.45, 7) is 0. The van der Waals surface area contributed by atoms with Gasteiger partial charge in [0.1, 0.15) is 0 Å². The Hall–Kier alpha value is -0.761. The third kappa shape index (κ3) is 10.9. The zero-order valence-electron chi connectivity index (χ0n) is 13.8. The van der Waals surface area contributed by atoms with Crippen LogP contribution in [0.1, 0.15) is 27.1 Å². The zero-order valence-corrected chi connectivity index (χ0v) is 15.9. The van der Waals surface area contributed by atoms with Gasteiger partial charge < -0.3 is 44.3 Å². The second-order valence-electron chi connectivity index (χ2n) is 4.59. The molecule has 0 aliphatic carbocycles. The molecule has 0 amide bonds. The number of nitrogens with two attached hydrogens (primary N) is 2. The van der Waals surface area contributed by atoms with Crippen molar-refractivity contribution in [3.8, 4) is 0 Å². The molecule has 0 atom stereocenters. The van der Waals surface area contributed by atoms with Gasteiger partial charge in [-0.1, -0.05) is 0 Å². The van der Waals surface area contributed by atoms with Crippen molar-refractivity contribution in [1.82, 2.24) is 0 Å². The summed E-state index contributed by atoms with van der Waals surface area (Å²) in [4.78, 5) is 43.2. The fourth-order valence-electron chi connectivity index (χ4n) is 1.91. The van der Waals surface area contributed by atoms with Gasteiger partial charge in [-0.05, 0) is 0 Å². The van der Waals surface area contributed by atoms with Crippen LogP contribution in [0.4, 0.5) is 0 Å². The third-order valence-corrected chi connectivity index (χ3v) is 2.86. The molecular weight excluding hydrogens is 387 g/mol. The summed E-state index contributed by atoms with van der Waals surface area (Å²) in [5.41, 5.74) is 6.88. The summed E-state index contributed by atoms with van der Waals surface area (Å²) in [5.74, 6) is -6.06. The van der Waals surface area contributed by atoms with Crippen LogP contribution < -0.4 is 41.0 Å². The minimum Gasteiger partial charge on any atom is -1.00 e. The number of carboxylic acid groups (broad SMARTS) is 4. The van der Waals surface area contributed by atoms with E-state index in [9.17, 15) is 19.2 Å². The second-order valence-corrected chi connectivity index (χ2v) is 4.59. The van der Waals surface area contributed by atoms with Crippen molar-refractivity contribution < 1.29 is 98.6 Å². The van der Waals surface area contributed by atoms with Gasteiger partial charge in [-0.25, -0.2) is 0 Å². The van der Waals surface area contributed by atoms with Gasteiger partial charge in [-0.2, -0.15) is 0 Å². The van der Waals surface area contributed by atoms with Crippen LogP contribution >= 0.6 is 0 Å². The van der Waals surface area contributed by atoms with Crippen LogP contribution in [0.2, 0.25) is 0 Å². The molecule has 0 saturated carbocycles. The van der Waals surface area contributed by atoms with Gasteiger partial charge in [0.15, 0.2) is 0 Å². The number of rotatable bonds is 9. The maximum absolute atomic E-state index is 10.8. The van der Waals surface area contributed by atoms with E-state index in [1.54, 1.807) is 0 Å². The van der Waals surface area contributed by atoms with Crippen molar-refractivity contribution in [3.63, 3.8) is 0 Å². The van der Waals surface area contributed by atoms with Gasteiger partial charge in [0.25, 0.3) is 0 Å².